The lowest BCUT2D eigenvalue weighted by atomic mass is 10.0. The van der Waals surface area contributed by atoms with E-state index >= 15 is 0 Å². The number of aromatic nitrogens is 1. The zero-order chi connectivity index (χ0) is 31.6. The molecular formula is C29H48N4O10S. The molecule has 2 aliphatic rings. The van der Waals surface area contributed by atoms with Crippen molar-refractivity contribution in [3.63, 3.8) is 0 Å². The van der Waals surface area contributed by atoms with Crippen molar-refractivity contribution in [2.75, 3.05) is 71.7 Å². The summed E-state index contributed by atoms with van der Waals surface area (Å²) in [5.41, 5.74) is 0. The van der Waals surface area contributed by atoms with Crippen LogP contribution in [0.4, 0.5) is 4.79 Å². The van der Waals surface area contributed by atoms with E-state index in [-0.39, 0.29) is 48.8 Å². The number of amides is 3. The Labute approximate surface area is 263 Å². The lowest BCUT2D eigenvalue weighted by Gasteiger charge is -2.27. The largest absolute Gasteiger partial charge is 0.492 e. The van der Waals surface area contributed by atoms with E-state index in [0.717, 1.165) is 44.4 Å². The molecule has 0 bridgehead atoms. The van der Waals surface area contributed by atoms with Gasteiger partial charge in [-0.25, -0.2) is 9.59 Å². The van der Waals surface area contributed by atoms with Gasteiger partial charge in [0.05, 0.1) is 71.4 Å². The number of aromatic hydroxyl groups is 2. The number of thioether (sulfide) groups is 1. The predicted molar refractivity (Wildman–Crippen MR) is 163 cm³/mol. The standard InChI is InChI=1S/C29H48N4O10S/c1-2-3-12-32-28-22(31-29(32)38)21-44-23(28)6-4-5-7-24(34)30-11-14-40-16-18-42-20-19-41-17-15-39-13-10-27(37)43-33-25(35)8-9-26(33)36/h8-9,22-23,28,35-36H,2-7,10-21H2,1H3,(H,30,34)(H,31,38). The number of hydrogen-bond acceptors (Lipinski definition) is 11. The number of unbranched alkanes of at least 4 members (excludes halogenated alkanes) is 2. The molecule has 3 amide bonds. The molecule has 3 rings (SSSR count). The van der Waals surface area contributed by atoms with Gasteiger partial charge in [0, 0.05) is 42.6 Å². The molecular weight excluding hydrogens is 596 g/mol. The van der Waals surface area contributed by atoms with E-state index in [1.54, 1.807) is 0 Å². The van der Waals surface area contributed by atoms with Gasteiger partial charge < -0.3 is 49.5 Å². The first kappa shape index (κ1) is 35.8. The maximum atomic E-state index is 12.3. The summed E-state index contributed by atoms with van der Waals surface area (Å²) in [6, 6.07) is 3.02. The van der Waals surface area contributed by atoms with Gasteiger partial charge in [0.15, 0.2) is 0 Å². The highest BCUT2D eigenvalue weighted by Gasteiger charge is 2.47. The Morgan fingerprint density at radius 1 is 0.932 bits per heavy atom. The normalized spacial score (nSPS) is 19.2. The first-order valence-corrected chi connectivity index (χ1v) is 16.5. The summed E-state index contributed by atoms with van der Waals surface area (Å²) in [6.07, 6.45) is 5.38. The third kappa shape index (κ3) is 12.3. The van der Waals surface area contributed by atoms with Crippen LogP contribution in [0.15, 0.2) is 12.1 Å². The summed E-state index contributed by atoms with van der Waals surface area (Å²) >= 11 is 1.95. The fourth-order valence-corrected chi connectivity index (χ4v) is 6.58. The van der Waals surface area contributed by atoms with E-state index < -0.39 is 5.97 Å². The number of carbonyl (C=O) groups is 3. The van der Waals surface area contributed by atoms with E-state index in [1.807, 2.05) is 16.7 Å². The van der Waals surface area contributed by atoms with E-state index in [4.69, 9.17) is 23.8 Å². The highest BCUT2D eigenvalue weighted by Crippen LogP contribution is 2.37. The summed E-state index contributed by atoms with van der Waals surface area (Å²) in [6.45, 7) is 6.21. The Hall–Kier alpha value is -2.72. The second-order valence-electron chi connectivity index (χ2n) is 10.6. The zero-order valence-electron chi connectivity index (χ0n) is 25.6. The van der Waals surface area contributed by atoms with Crippen LogP contribution in [0.3, 0.4) is 0 Å². The molecule has 2 saturated heterocycles. The van der Waals surface area contributed by atoms with Gasteiger partial charge >= 0.3 is 12.0 Å². The minimum atomic E-state index is -0.662. The highest BCUT2D eigenvalue weighted by molar-refractivity contribution is 8.00. The lowest BCUT2D eigenvalue weighted by Crippen LogP contribution is -2.41. The number of urea groups is 1. The molecule has 3 heterocycles. The number of ether oxygens (including phenoxy) is 4. The average Bonchev–Trinajstić information content (AvgIpc) is 3.65. The van der Waals surface area contributed by atoms with Crippen LogP contribution in [0.2, 0.25) is 0 Å². The van der Waals surface area contributed by atoms with Crippen molar-refractivity contribution < 1.29 is 48.4 Å². The van der Waals surface area contributed by atoms with E-state index in [9.17, 15) is 24.6 Å². The number of rotatable bonds is 24. The molecule has 250 valence electrons. The Morgan fingerprint density at radius 2 is 1.57 bits per heavy atom. The lowest BCUT2D eigenvalue weighted by molar-refractivity contribution is -0.146. The van der Waals surface area contributed by atoms with Crippen molar-refractivity contribution in [2.24, 2.45) is 0 Å². The molecule has 0 saturated carbocycles. The number of nitrogens with zero attached hydrogens (tertiary/aromatic N) is 2. The quantitative estimate of drug-likeness (QED) is 0.0954. The van der Waals surface area contributed by atoms with Crippen LogP contribution in [-0.4, -0.2) is 127 Å². The maximum absolute atomic E-state index is 12.3. The second kappa shape index (κ2) is 20.3. The van der Waals surface area contributed by atoms with Crippen LogP contribution in [0.25, 0.3) is 0 Å². The van der Waals surface area contributed by atoms with Gasteiger partial charge in [-0.3, -0.25) is 4.79 Å². The first-order valence-electron chi connectivity index (χ1n) is 15.5. The van der Waals surface area contributed by atoms with E-state index in [1.165, 1.54) is 12.1 Å². The van der Waals surface area contributed by atoms with Crippen molar-refractivity contribution in [1.29, 1.82) is 0 Å². The van der Waals surface area contributed by atoms with Crippen molar-refractivity contribution in [2.45, 2.75) is 69.2 Å². The Balaban J connectivity index is 1.05. The average molecular weight is 645 g/mol. The molecule has 0 aromatic carbocycles. The van der Waals surface area contributed by atoms with Crippen LogP contribution in [0, 0.1) is 0 Å². The molecule has 14 nitrogen and oxygen atoms in total. The number of fused-ring (bicyclic) bond motifs is 1. The molecule has 3 atom stereocenters. The fraction of sp³-hybridized carbons (Fsp3) is 0.759. The number of carbonyl (C=O) groups excluding carboxylic acids is 3. The molecule has 15 heteroatoms. The summed E-state index contributed by atoms with van der Waals surface area (Å²) < 4.78 is 22.3. The summed E-state index contributed by atoms with van der Waals surface area (Å²) in [5, 5.41) is 25.3. The SMILES string of the molecule is CCCCN1C(=O)NC2CSC(CCCCC(=O)NCCOCCOCCOCCOCCC(=O)On3c(O)ccc3O)C21. The molecule has 44 heavy (non-hydrogen) atoms. The van der Waals surface area contributed by atoms with Crippen LogP contribution >= 0.6 is 11.8 Å². The molecule has 0 radical (unpaired) electrons. The molecule has 1 aromatic heterocycles. The van der Waals surface area contributed by atoms with Gasteiger partial charge in [0.25, 0.3) is 0 Å². The molecule has 0 aliphatic carbocycles. The Morgan fingerprint density at radius 3 is 2.23 bits per heavy atom. The van der Waals surface area contributed by atoms with Crippen LogP contribution in [-0.2, 0) is 28.5 Å². The van der Waals surface area contributed by atoms with Gasteiger partial charge in [-0.05, 0) is 19.3 Å². The van der Waals surface area contributed by atoms with E-state index in [0.29, 0.717) is 69.2 Å². The van der Waals surface area contributed by atoms with Crippen LogP contribution < -0.4 is 15.5 Å². The van der Waals surface area contributed by atoms with Crippen LogP contribution in [0.5, 0.6) is 11.8 Å². The van der Waals surface area contributed by atoms with Gasteiger partial charge in [-0.15, -0.1) is 4.73 Å². The van der Waals surface area contributed by atoms with Crippen molar-refractivity contribution in [3.05, 3.63) is 12.1 Å². The van der Waals surface area contributed by atoms with Gasteiger partial charge in [0.2, 0.25) is 17.7 Å². The number of nitrogens with one attached hydrogen (secondary N) is 2. The van der Waals surface area contributed by atoms with Crippen molar-refractivity contribution in [1.82, 2.24) is 20.3 Å². The van der Waals surface area contributed by atoms with Gasteiger partial charge in [-0.1, -0.05) is 19.8 Å². The third-order valence-corrected chi connectivity index (χ3v) is 8.73. The third-order valence-electron chi connectivity index (χ3n) is 7.23. The maximum Gasteiger partial charge on any atom is 0.335 e. The first-order chi connectivity index (χ1) is 21.4. The van der Waals surface area contributed by atoms with Gasteiger partial charge in [-0.2, -0.15) is 11.8 Å². The minimum Gasteiger partial charge on any atom is -0.492 e. The van der Waals surface area contributed by atoms with Crippen molar-refractivity contribution in [3.8, 4) is 11.8 Å². The van der Waals surface area contributed by atoms with Crippen LogP contribution in [0.1, 0.15) is 51.9 Å². The molecule has 3 unspecified atom stereocenters. The summed E-state index contributed by atoms with van der Waals surface area (Å²) in [4.78, 5) is 43.0. The number of hydrogen-bond donors (Lipinski definition) is 4. The topological polar surface area (TPSA) is 170 Å². The zero-order valence-corrected chi connectivity index (χ0v) is 26.4. The smallest absolute Gasteiger partial charge is 0.335 e. The molecule has 2 fully saturated rings. The molecule has 2 aliphatic heterocycles. The predicted octanol–water partition coefficient (Wildman–Crippen LogP) is 1.67. The minimum absolute atomic E-state index is 0.0302. The fourth-order valence-electron chi connectivity index (χ4n) is 4.98. The second-order valence-corrected chi connectivity index (χ2v) is 11.8. The Bertz CT molecular complexity index is 993. The summed E-state index contributed by atoms with van der Waals surface area (Å²) in [7, 11) is 0. The molecule has 0 spiro atoms. The molecule has 4 N–H and O–H groups in total. The highest BCUT2D eigenvalue weighted by atomic mass is 32.2. The van der Waals surface area contributed by atoms with Gasteiger partial charge in [0.1, 0.15) is 0 Å². The monoisotopic (exact) mass is 644 g/mol. The molecule has 1 aromatic rings. The van der Waals surface area contributed by atoms with E-state index in [2.05, 4.69) is 17.6 Å². The summed E-state index contributed by atoms with van der Waals surface area (Å²) in [5.74, 6) is -0.419. The Kier molecular flexibility index (Phi) is 16.5. The van der Waals surface area contributed by atoms with Crippen molar-refractivity contribution >= 4 is 29.7 Å².